The minimum Gasteiger partial charge on any atom is -0.497 e. The van der Waals surface area contributed by atoms with Gasteiger partial charge in [-0.2, -0.15) is 5.26 Å². The number of nitrogens with two attached hydrogens (primary N) is 1. The zero-order valence-electron chi connectivity index (χ0n) is 17.6. The smallest absolute Gasteiger partial charge is 0.119 e. The summed E-state index contributed by atoms with van der Waals surface area (Å²) in [4.78, 5) is 5.05. The summed E-state index contributed by atoms with van der Waals surface area (Å²) in [7, 11) is 1.69. The van der Waals surface area contributed by atoms with Gasteiger partial charge in [-0.05, 0) is 74.7 Å². The Morgan fingerprint density at radius 3 is 2.55 bits per heavy atom. The SMILES string of the molecule is COc1ccc(N(Cc2cccc(C#N)c2)C2CCN(C(C)CCN)CC2)cc1. The van der Waals surface area contributed by atoms with Gasteiger partial charge in [-0.1, -0.05) is 12.1 Å². The van der Waals surface area contributed by atoms with Crippen LogP contribution in [0, 0.1) is 11.3 Å². The number of ether oxygens (including phenoxy) is 1. The van der Waals surface area contributed by atoms with Crippen molar-refractivity contribution in [2.75, 3.05) is 31.6 Å². The van der Waals surface area contributed by atoms with Crippen LogP contribution in [-0.4, -0.2) is 43.7 Å². The first-order valence-corrected chi connectivity index (χ1v) is 10.5. The van der Waals surface area contributed by atoms with Crippen molar-refractivity contribution in [2.45, 2.75) is 44.8 Å². The largest absolute Gasteiger partial charge is 0.497 e. The van der Waals surface area contributed by atoms with Crippen LogP contribution in [0.5, 0.6) is 5.75 Å². The van der Waals surface area contributed by atoms with Crippen molar-refractivity contribution >= 4 is 5.69 Å². The van der Waals surface area contributed by atoms with E-state index >= 15 is 0 Å². The lowest BCUT2D eigenvalue weighted by molar-refractivity contribution is 0.154. The predicted molar refractivity (Wildman–Crippen MR) is 118 cm³/mol. The Morgan fingerprint density at radius 2 is 1.93 bits per heavy atom. The molecule has 29 heavy (non-hydrogen) atoms. The van der Waals surface area contributed by atoms with Gasteiger partial charge in [-0.3, -0.25) is 0 Å². The molecule has 0 spiro atoms. The molecule has 2 aromatic rings. The number of hydrogen-bond acceptors (Lipinski definition) is 5. The van der Waals surface area contributed by atoms with Gasteiger partial charge in [0.1, 0.15) is 5.75 Å². The van der Waals surface area contributed by atoms with Crippen molar-refractivity contribution in [1.29, 1.82) is 5.26 Å². The molecule has 0 aliphatic carbocycles. The van der Waals surface area contributed by atoms with E-state index in [1.165, 1.54) is 11.3 Å². The van der Waals surface area contributed by atoms with E-state index in [9.17, 15) is 5.26 Å². The molecular formula is C24H32N4O. The van der Waals surface area contributed by atoms with Gasteiger partial charge in [0, 0.05) is 37.4 Å². The average molecular weight is 393 g/mol. The first kappa shape index (κ1) is 21.2. The van der Waals surface area contributed by atoms with Crippen LogP contribution in [0.4, 0.5) is 5.69 Å². The molecule has 1 aliphatic rings. The average Bonchev–Trinajstić information content (AvgIpc) is 2.78. The number of rotatable bonds is 8. The van der Waals surface area contributed by atoms with Gasteiger partial charge in [0.2, 0.25) is 0 Å². The summed E-state index contributed by atoms with van der Waals surface area (Å²) in [5.74, 6) is 0.866. The molecular weight excluding hydrogens is 360 g/mol. The Hall–Kier alpha value is -2.55. The molecule has 1 atom stereocenters. The van der Waals surface area contributed by atoms with Crippen molar-refractivity contribution in [3.63, 3.8) is 0 Å². The van der Waals surface area contributed by atoms with E-state index in [-0.39, 0.29) is 0 Å². The summed E-state index contributed by atoms with van der Waals surface area (Å²) in [5.41, 5.74) is 8.83. The van der Waals surface area contributed by atoms with E-state index in [0.717, 1.165) is 51.2 Å². The van der Waals surface area contributed by atoms with Crippen LogP contribution in [-0.2, 0) is 6.54 Å². The lowest BCUT2D eigenvalue weighted by Gasteiger charge is -2.42. The van der Waals surface area contributed by atoms with Crippen LogP contribution in [0.25, 0.3) is 0 Å². The van der Waals surface area contributed by atoms with Gasteiger partial charge in [0.15, 0.2) is 0 Å². The molecule has 0 aromatic heterocycles. The van der Waals surface area contributed by atoms with Gasteiger partial charge in [-0.15, -0.1) is 0 Å². The van der Waals surface area contributed by atoms with Crippen LogP contribution >= 0.6 is 0 Å². The van der Waals surface area contributed by atoms with Crippen molar-refractivity contribution in [3.8, 4) is 11.8 Å². The minimum atomic E-state index is 0.468. The molecule has 1 unspecified atom stereocenters. The third-order valence-electron chi connectivity index (χ3n) is 5.96. The maximum atomic E-state index is 9.25. The highest BCUT2D eigenvalue weighted by Gasteiger charge is 2.27. The molecule has 2 aromatic carbocycles. The van der Waals surface area contributed by atoms with Crippen molar-refractivity contribution in [1.82, 2.24) is 4.90 Å². The molecule has 0 amide bonds. The third kappa shape index (κ3) is 5.50. The highest BCUT2D eigenvalue weighted by Crippen LogP contribution is 2.28. The molecule has 3 rings (SSSR count). The van der Waals surface area contributed by atoms with Gasteiger partial charge in [-0.25, -0.2) is 0 Å². The number of anilines is 1. The standard InChI is InChI=1S/C24H32N4O/c1-19(10-13-25)27-14-11-23(12-15-27)28(22-6-8-24(29-2)9-7-22)18-21-5-3-4-20(16-21)17-26/h3-9,16,19,23H,10-15,18,25H2,1-2H3. The molecule has 5 heteroatoms. The van der Waals surface area contributed by atoms with Gasteiger partial charge < -0.3 is 20.3 Å². The van der Waals surface area contributed by atoms with Crippen LogP contribution in [0.3, 0.4) is 0 Å². The maximum Gasteiger partial charge on any atom is 0.119 e. The highest BCUT2D eigenvalue weighted by atomic mass is 16.5. The quantitative estimate of drug-likeness (QED) is 0.741. The topological polar surface area (TPSA) is 65.5 Å². The number of likely N-dealkylation sites (tertiary alicyclic amines) is 1. The fourth-order valence-corrected chi connectivity index (χ4v) is 4.20. The van der Waals surface area contributed by atoms with Crippen LogP contribution in [0.15, 0.2) is 48.5 Å². The van der Waals surface area contributed by atoms with Crippen molar-refractivity contribution < 1.29 is 4.74 Å². The normalized spacial score (nSPS) is 16.2. The van der Waals surface area contributed by atoms with E-state index < -0.39 is 0 Å². The van der Waals surface area contributed by atoms with Gasteiger partial charge >= 0.3 is 0 Å². The minimum absolute atomic E-state index is 0.468. The zero-order valence-corrected chi connectivity index (χ0v) is 17.6. The first-order chi connectivity index (χ1) is 14.1. The number of nitrogens with zero attached hydrogens (tertiary/aromatic N) is 3. The number of benzene rings is 2. The van der Waals surface area contributed by atoms with Crippen molar-refractivity contribution in [2.24, 2.45) is 5.73 Å². The van der Waals surface area contributed by atoms with Gasteiger partial charge in [0.05, 0.1) is 18.7 Å². The Bertz CT molecular complexity index is 806. The number of hydrogen-bond donors (Lipinski definition) is 1. The van der Waals surface area contributed by atoms with Crippen LogP contribution in [0.2, 0.25) is 0 Å². The summed E-state index contributed by atoms with van der Waals surface area (Å²) in [5, 5.41) is 9.25. The van der Waals surface area contributed by atoms with E-state index in [0.29, 0.717) is 17.6 Å². The molecule has 0 bridgehead atoms. The van der Waals surface area contributed by atoms with E-state index in [2.05, 4.69) is 41.0 Å². The summed E-state index contributed by atoms with van der Waals surface area (Å²) >= 11 is 0. The highest BCUT2D eigenvalue weighted by molar-refractivity contribution is 5.51. The molecule has 1 saturated heterocycles. The van der Waals surface area contributed by atoms with E-state index in [4.69, 9.17) is 10.5 Å². The summed E-state index contributed by atoms with van der Waals surface area (Å²) in [6.45, 7) is 6.01. The second-order valence-corrected chi connectivity index (χ2v) is 7.83. The van der Waals surface area contributed by atoms with Crippen LogP contribution < -0.4 is 15.4 Å². The Morgan fingerprint density at radius 1 is 1.21 bits per heavy atom. The molecule has 1 aliphatic heterocycles. The second-order valence-electron chi connectivity index (χ2n) is 7.83. The number of methoxy groups -OCH3 is 1. The maximum absolute atomic E-state index is 9.25. The van der Waals surface area contributed by atoms with E-state index in [1.807, 2.05) is 30.3 Å². The number of nitriles is 1. The molecule has 1 fully saturated rings. The summed E-state index contributed by atoms with van der Waals surface area (Å²) in [6.07, 6.45) is 3.30. The molecule has 1 heterocycles. The zero-order chi connectivity index (χ0) is 20.6. The molecule has 5 nitrogen and oxygen atoms in total. The third-order valence-corrected chi connectivity index (χ3v) is 5.96. The summed E-state index contributed by atoms with van der Waals surface area (Å²) in [6, 6.07) is 19.5. The second kappa shape index (κ2) is 10.3. The fraction of sp³-hybridized carbons (Fsp3) is 0.458. The molecule has 0 radical (unpaired) electrons. The van der Waals surface area contributed by atoms with Gasteiger partial charge in [0.25, 0.3) is 0 Å². The van der Waals surface area contributed by atoms with E-state index in [1.54, 1.807) is 7.11 Å². The molecule has 154 valence electrons. The fourth-order valence-electron chi connectivity index (χ4n) is 4.20. The Kier molecular flexibility index (Phi) is 7.51. The Labute approximate surface area is 174 Å². The predicted octanol–water partition coefficient (Wildman–Crippen LogP) is 3.78. The lowest BCUT2D eigenvalue weighted by atomic mass is 9.99. The molecule has 0 saturated carbocycles. The number of piperidine rings is 1. The Balaban J connectivity index is 1.78. The van der Waals surface area contributed by atoms with Crippen LogP contribution in [0.1, 0.15) is 37.3 Å². The van der Waals surface area contributed by atoms with Crippen molar-refractivity contribution in [3.05, 3.63) is 59.7 Å². The lowest BCUT2D eigenvalue weighted by Crippen LogP contribution is -2.47. The first-order valence-electron chi connectivity index (χ1n) is 10.5. The summed E-state index contributed by atoms with van der Waals surface area (Å²) < 4.78 is 5.33. The molecule has 2 N–H and O–H groups in total. The monoisotopic (exact) mass is 392 g/mol.